The molecule has 1 aromatic rings. The molecule has 1 aromatic carbocycles. The fourth-order valence-electron chi connectivity index (χ4n) is 2.88. The maximum Gasteiger partial charge on any atom is 0.251 e. The van der Waals surface area contributed by atoms with E-state index in [2.05, 4.69) is 17.2 Å². The van der Waals surface area contributed by atoms with E-state index in [1.165, 1.54) is 6.42 Å². The zero-order valence-corrected chi connectivity index (χ0v) is 13.8. The summed E-state index contributed by atoms with van der Waals surface area (Å²) >= 11 is 0. The highest BCUT2D eigenvalue weighted by Crippen LogP contribution is 2.17. The minimum absolute atomic E-state index is 0.163. The number of amides is 2. The van der Waals surface area contributed by atoms with Crippen molar-refractivity contribution >= 4 is 11.8 Å². The first-order valence-corrected chi connectivity index (χ1v) is 8.36. The van der Waals surface area contributed by atoms with Crippen LogP contribution in [0.5, 0.6) is 0 Å². The lowest BCUT2D eigenvalue weighted by atomic mass is 9.95. The van der Waals surface area contributed by atoms with Gasteiger partial charge in [-0.05, 0) is 43.5 Å². The van der Waals surface area contributed by atoms with Gasteiger partial charge in [0.15, 0.2) is 0 Å². The lowest BCUT2D eigenvalue weighted by molar-refractivity contribution is -0.123. The molecule has 0 heterocycles. The summed E-state index contributed by atoms with van der Waals surface area (Å²) in [7, 11) is 0. The summed E-state index contributed by atoms with van der Waals surface area (Å²) in [5.74, 6) is -0.492. The summed E-state index contributed by atoms with van der Waals surface area (Å²) in [6.07, 6.45) is 7.48. The van der Waals surface area contributed by atoms with Crippen LogP contribution in [0.25, 0.3) is 0 Å². The second-order valence-corrected chi connectivity index (χ2v) is 6.08. The minimum atomic E-state index is -0.632. The van der Waals surface area contributed by atoms with Crippen LogP contribution in [0.1, 0.15) is 54.4 Å². The zero-order chi connectivity index (χ0) is 17.4. The van der Waals surface area contributed by atoms with Crippen molar-refractivity contribution in [2.75, 3.05) is 0 Å². The maximum absolute atomic E-state index is 12.5. The third-order valence-corrected chi connectivity index (χ3v) is 4.25. The van der Waals surface area contributed by atoms with Crippen molar-refractivity contribution in [1.29, 1.82) is 5.26 Å². The number of nitrogens with zero attached hydrogens (tertiary/aromatic N) is 1. The Morgan fingerprint density at radius 2 is 1.92 bits per heavy atom. The molecule has 1 saturated carbocycles. The predicted molar refractivity (Wildman–Crippen MR) is 92.2 cm³/mol. The number of nitrogens with one attached hydrogen (secondary N) is 2. The number of carbonyl (C=O) groups excluding carboxylic acids is 2. The molecule has 1 aliphatic carbocycles. The second-order valence-electron chi connectivity index (χ2n) is 6.08. The first-order chi connectivity index (χ1) is 11.6. The van der Waals surface area contributed by atoms with Crippen molar-refractivity contribution in [3.8, 4) is 6.07 Å². The van der Waals surface area contributed by atoms with E-state index in [4.69, 9.17) is 5.26 Å². The predicted octanol–water partition coefficient (Wildman–Crippen LogP) is 2.68. The Labute approximate surface area is 142 Å². The lowest BCUT2D eigenvalue weighted by Gasteiger charge is -2.25. The Hall–Kier alpha value is -2.61. The number of benzene rings is 1. The molecule has 24 heavy (non-hydrogen) atoms. The van der Waals surface area contributed by atoms with Crippen molar-refractivity contribution < 1.29 is 9.59 Å². The largest absolute Gasteiger partial charge is 0.352 e. The number of nitriles is 1. The molecule has 0 radical (unpaired) electrons. The average molecular weight is 325 g/mol. The topological polar surface area (TPSA) is 82.0 Å². The van der Waals surface area contributed by atoms with Gasteiger partial charge in [-0.25, -0.2) is 0 Å². The highest BCUT2D eigenvalue weighted by atomic mass is 16.2. The minimum Gasteiger partial charge on any atom is -0.352 e. The molecule has 2 N–H and O–H groups in total. The van der Waals surface area contributed by atoms with Gasteiger partial charge in [0, 0.05) is 11.6 Å². The third-order valence-electron chi connectivity index (χ3n) is 4.25. The van der Waals surface area contributed by atoms with E-state index in [0.29, 0.717) is 17.5 Å². The van der Waals surface area contributed by atoms with Crippen molar-refractivity contribution in [3.05, 3.63) is 48.0 Å². The Bertz CT molecular complexity index is 625. The van der Waals surface area contributed by atoms with Gasteiger partial charge in [0.25, 0.3) is 5.91 Å². The van der Waals surface area contributed by atoms with Gasteiger partial charge in [-0.15, -0.1) is 6.58 Å². The van der Waals surface area contributed by atoms with Crippen LogP contribution in [0.15, 0.2) is 36.9 Å². The van der Waals surface area contributed by atoms with E-state index in [9.17, 15) is 9.59 Å². The van der Waals surface area contributed by atoms with Crippen molar-refractivity contribution in [1.82, 2.24) is 10.6 Å². The van der Waals surface area contributed by atoms with Gasteiger partial charge in [-0.2, -0.15) is 5.26 Å². The van der Waals surface area contributed by atoms with Crippen molar-refractivity contribution in [2.24, 2.45) is 0 Å². The summed E-state index contributed by atoms with van der Waals surface area (Å²) < 4.78 is 0. The molecule has 5 heteroatoms. The Morgan fingerprint density at radius 3 is 2.50 bits per heavy atom. The summed E-state index contributed by atoms with van der Waals surface area (Å²) in [6, 6.07) is 7.90. The molecule has 0 bridgehead atoms. The van der Waals surface area contributed by atoms with Crippen LogP contribution in [-0.2, 0) is 4.79 Å². The fourth-order valence-corrected chi connectivity index (χ4v) is 2.88. The molecule has 1 atom stereocenters. The van der Waals surface area contributed by atoms with E-state index in [0.717, 1.165) is 25.7 Å². The van der Waals surface area contributed by atoms with E-state index in [-0.39, 0.29) is 17.9 Å². The smallest absolute Gasteiger partial charge is 0.251 e. The molecular formula is C19H23N3O2. The molecule has 5 nitrogen and oxygen atoms in total. The highest BCUT2D eigenvalue weighted by Gasteiger charge is 2.23. The number of carbonyl (C=O) groups is 2. The summed E-state index contributed by atoms with van der Waals surface area (Å²) in [5, 5.41) is 14.6. The van der Waals surface area contributed by atoms with E-state index >= 15 is 0 Å². The highest BCUT2D eigenvalue weighted by molar-refractivity contribution is 5.97. The van der Waals surface area contributed by atoms with E-state index in [1.54, 1.807) is 30.3 Å². The van der Waals surface area contributed by atoms with Crippen LogP contribution in [0.4, 0.5) is 0 Å². The van der Waals surface area contributed by atoms with Gasteiger partial charge >= 0.3 is 0 Å². The number of rotatable bonds is 6. The van der Waals surface area contributed by atoms with Crippen LogP contribution in [0.2, 0.25) is 0 Å². The molecule has 126 valence electrons. The molecule has 0 saturated heterocycles. The SMILES string of the molecule is C=CCC(NC(=O)c1ccc(C#N)cc1)C(=O)NC1CCCCC1. The van der Waals surface area contributed by atoms with Gasteiger partial charge in [0.1, 0.15) is 6.04 Å². The van der Waals surface area contributed by atoms with Crippen LogP contribution in [0.3, 0.4) is 0 Å². The summed E-state index contributed by atoms with van der Waals surface area (Å²) in [5.41, 5.74) is 0.915. The lowest BCUT2D eigenvalue weighted by Crippen LogP contribution is -2.49. The van der Waals surface area contributed by atoms with Gasteiger partial charge < -0.3 is 10.6 Å². The van der Waals surface area contributed by atoms with E-state index in [1.807, 2.05) is 6.07 Å². The van der Waals surface area contributed by atoms with Crippen molar-refractivity contribution in [2.45, 2.75) is 50.6 Å². The van der Waals surface area contributed by atoms with Gasteiger partial charge in [0.05, 0.1) is 11.6 Å². The second kappa shape index (κ2) is 8.88. The molecule has 1 aliphatic rings. The van der Waals surface area contributed by atoms with E-state index < -0.39 is 6.04 Å². The molecule has 1 unspecified atom stereocenters. The molecule has 1 fully saturated rings. The van der Waals surface area contributed by atoms with Crippen LogP contribution in [-0.4, -0.2) is 23.9 Å². The van der Waals surface area contributed by atoms with Gasteiger partial charge in [-0.3, -0.25) is 9.59 Å². The average Bonchev–Trinajstić information content (AvgIpc) is 2.62. The van der Waals surface area contributed by atoms with Crippen molar-refractivity contribution in [3.63, 3.8) is 0 Å². The Kier molecular flexibility index (Phi) is 6.56. The molecule has 0 spiro atoms. The van der Waals surface area contributed by atoms with Crippen LogP contribution < -0.4 is 10.6 Å². The molecule has 2 amide bonds. The molecule has 0 aliphatic heterocycles. The number of hydrogen-bond donors (Lipinski definition) is 2. The Morgan fingerprint density at radius 1 is 1.25 bits per heavy atom. The fraction of sp³-hybridized carbons (Fsp3) is 0.421. The quantitative estimate of drug-likeness (QED) is 0.789. The summed E-state index contributed by atoms with van der Waals surface area (Å²) in [4.78, 5) is 24.8. The van der Waals surface area contributed by atoms with Gasteiger partial charge in [-0.1, -0.05) is 25.3 Å². The number of hydrogen-bond acceptors (Lipinski definition) is 3. The molecule has 2 rings (SSSR count). The first kappa shape index (κ1) is 17.7. The monoisotopic (exact) mass is 325 g/mol. The standard InChI is InChI=1S/C19H23N3O2/c1-2-6-17(19(24)21-16-7-4-3-5-8-16)22-18(23)15-11-9-14(13-20)10-12-15/h2,9-12,16-17H,1,3-8H2,(H,21,24)(H,22,23). The zero-order valence-electron chi connectivity index (χ0n) is 13.8. The summed E-state index contributed by atoms with van der Waals surface area (Å²) in [6.45, 7) is 3.67. The molecular weight excluding hydrogens is 302 g/mol. The van der Waals surface area contributed by atoms with Crippen LogP contribution in [0, 0.1) is 11.3 Å². The van der Waals surface area contributed by atoms with Gasteiger partial charge in [0.2, 0.25) is 5.91 Å². The van der Waals surface area contributed by atoms with Crippen LogP contribution >= 0.6 is 0 Å². The third kappa shape index (κ3) is 4.95. The maximum atomic E-state index is 12.5. The first-order valence-electron chi connectivity index (χ1n) is 8.36. The Balaban J connectivity index is 1.97. The normalized spacial score (nSPS) is 15.8. The molecule has 0 aromatic heterocycles.